The van der Waals surface area contributed by atoms with E-state index in [4.69, 9.17) is 14.2 Å². The number of benzene rings is 1. The van der Waals surface area contributed by atoms with Crippen LogP contribution >= 0.6 is 0 Å². The maximum Gasteiger partial charge on any atom is 0.251 e. The minimum absolute atomic E-state index is 0.0408. The average Bonchev–Trinajstić information content (AvgIpc) is 2.65. The van der Waals surface area contributed by atoms with Crippen LogP contribution in [0.5, 0.6) is 17.2 Å². The van der Waals surface area contributed by atoms with E-state index in [0.717, 1.165) is 5.69 Å². The number of rotatable bonds is 8. The van der Waals surface area contributed by atoms with E-state index < -0.39 is 0 Å². The Bertz CT molecular complexity index is 804. The first-order valence-corrected chi connectivity index (χ1v) is 8.26. The van der Waals surface area contributed by atoms with Crippen molar-refractivity contribution in [3.05, 3.63) is 51.9 Å². The highest BCUT2D eigenvalue weighted by atomic mass is 16.5. The van der Waals surface area contributed by atoms with Crippen molar-refractivity contribution in [1.82, 2.24) is 9.88 Å². The van der Waals surface area contributed by atoms with Crippen LogP contribution in [-0.2, 0) is 6.54 Å². The van der Waals surface area contributed by atoms with Crippen LogP contribution in [0.3, 0.4) is 0 Å². The summed E-state index contributed by atoms with van der Waals surface area (Å²) in [6.07, 6.45) is 0.640. The number of nitrogens with zero attached hydrogens (tertiary/aromatic N) is 1. The molecule has 140 valence electrons. The molecule has 2 aromatic rings. The lowest BCUT2D eigenvalue weighted by Gasteiger charge is -2.14. The minimum Gasteiger partial charge on any atom is -0.493 e. The number of ether oxygens (including phenoxy) is 3. The molecule has 26 heavy (non-hydrogen) atoms. The van der Waals surface area contributed by atoms with Crippen LogP contribution in [0, 0.1) is 6.92 Å². The number of pyridine rings is 1. The van der Waals surface area contributed by atoms with Crippen LogP contribution in [0.4, 0.5) is 0 Å². The lowest BCUT2D eigenvalue weighted by molar-refractivity contribution is 0.0952. The lowest BCUT2D eigenvalue weighted by atomic mass is 10.1. The van der Waals surface area contributed by atoms with Crippen LogP contribution in [0.1, 0.15) is 22.5 Å². The molecule has 0 aliphatic carbocycles. The van der Waals surface area contributed by atoms with Crippen molar-refractivity contribution in [2.24, 2.45) is 0 Å². The fraction of sp³-hybridized carbons (Fsp3) is 0.368. The molecule has 0 saturated carbocycles. The molecule has 0 radical (unpaired) electrons. The predicted octanol–water partition coefficient (Wildman–Crippen LogP) is 2.00. The van der Waals surface area contributed by atoms with Crippen molar-refractivity contribution < 1.29 is 19.0 Å². The largest absolute Gasteiger partial charge is 0.493 e. The zero-order chi connectivity index (χ0) is 19.1. The van der Waals surface area contributed by atoms with E-state index in [1.54, 1.807) is 22.8 Å². The fourth-order valence-corrected chi connectivity index (χ4v) is 2.66. The van der Waals surface area contributed by atoms with Gasteiger partial charge in [0.05, 0.1) is 21.3 Å². The molecule has 0 unspecified atom stereocenters. The second kappa shape index (κ2) is 8.94. The highest BCUT2D eigenvalue weighted by molar-refractivity contribution is 5.95. The van der Waals surface area contributed by atoms with Crippen LogP contribution in [0.2, 0.25) is 0 Å². The van der Waals surface area contributed by atoms with Crippen LogP contribution in [-0.4, -0.2) is 38.3 Å². The Morgan fingerprint density at radius 2 is 1.73 bits per heavy atom. The summed E-state index contributed by atoms with van der Waals surface area (Å²) in [5.74, 6) is 1.03. The summed E-state index contributed by atoms with van der Waals surface area (Å²) in [5, 5.41) is 2.84. The van der Waals surface area contributed by atoms with Gasteiger partial charge >= 0.3 is 0 Å². The number of carbonyl (C=O) groups excluding carboxylic acids is 1. The quantitative estimate of drug-likeness (QED) is 0.729. The van der Waals surface area contributed by atoms with E-state index in [9.17, 15) is 9.59 Å². The van der Waals surface area contributed by atoms with E-state index in [2.05, 4.69) is 5.32 Å². The fourth-order valence-electron chi connectivity index (χ4n) is 2.66. The number of carbonyl (C=O) groups is 1. The number of amides is 1. The molecule has 7 nitrogen and oxygen atoms in total. The smallest absolute Gasteiger partial charge is 0.251 e. The molecular weight excluding hydrogens is 336 g/mol. The molecular formula is C19H24N2O5. The summed E-state index contributed by atoms with van der Waals surface area (Å²) < 4.78 is 17.4. The predicted molar refractivity (Wildman–Crippen MR) is 98.5 cm³/mol. The first-order valence-electron chi connectivity index (χ1n) is 8.26. The highest BCUT2D eigenvalue weighted by Crippen LogP contribution is 2.38. The van der Waals surface area contributed by atoms with E-state index in [-0.39, 0.29) is 11.5 Å². The van der Waals surface area contributed by atoms with Crippen LogP contribution < -0.4 is 25.1 Å². The molecule has 1 N–H and O–H groups in total. The minimum atomic E-state index is -0.249. The van der Waals surface area contributed by atoms with Gasteiger partial charge in [-0.15, -0.1) is 0 Å². The number of methoxy groups -OCH3 is 3. The monoisotopic (exact) mass is 360 g/mol. The van der Waals surface area contributed by atoms with E-state index >= 15 is 0 Å². The van der Waals surface area contributed by atoms with Gasteiger partial charge in [-0.05, 0) is 31.5 Å². The van der Waals surface area contributed by atoms with Crippen molar-refractivity contribution in [3.8, 4) is 17.2 Å². The normalized spacial score (nSPS) is 10.3. The molecule has 1 amide bonds. The van der Waals surface area contributed by atoms with Gasteiger partial charge in [-0.2, -0.15) is 0 Å². The summed E-state index contributed by atoms with van der Waals surface area (Å²) >= 11 is 0. The van der Waals surface area contributed by atoms with Gasteiger partial charge in [-0.25, -0.2) is 0 Å². The molecule has 1 heterocycles. The first kappa shape index (κ1) is 19.4. The summed E-state index contributed by atoms with van der Waals surface area (Å²) in [6, 6.07) is 8.35. The van der Waals surface area contributed by atoms with Crippen molar-refractivity contribution in [3.63, 3.8) is 0 Å². The van der Waals surface area contributed by atoms with Gasteiger partial charge in [-0.3, -0.25) is 9.59 Å². The molecule has 1 aromatic carbocycles. The average molecular weight is 360 g/mol. The van der Waals surface area contributed by atoms with Crippen molar-refractivity contribution in [2.75, 3.05) is 27.9 Å². The third-order valence-electron chi connectivity index (χ3n) is 4.04. The Labute approximate surface area is 152 Å². The zero-order valence-electron chi connectivity index (χ0n) is 15.5. The number of hydrogen-bond donors (Lipinski definition) is 1. The van der Waals surface area contributed by atoms with E-state index in [1.807, 2.05) is 13.0 Å². The molecule has 2 rings (SSSR count). The second-order valence-electron chi connectivity index (χ2n) is 5.68. The second-order valence-corrected chi connectivity index (χ2v) is 5.68. The maximum absolute atomic E-state index is 12.4. The summed E-state index contributed by atoms with van der Waals surface area (Å²) in [7, 11) is 4.51. The topological polar surface area (TPSA) is 78.8 Å². The Morgan fingerprint density at radius 3 is 2.27 bits per heavy atom. The van der Waals surface area contributed by atoms with Gasteiger partial charge in [0, 0.05) is 30.4 Å². The first-order chi connectivity index (χ1) is 12.5. The van der Waals surface area contributed by atoms with Crippen LogP contribution in [0.15, 0.2) is 35.1 Å². The SMILES string of the molecule is COc1cc(C(=O)NCCCn2c(C)cccc2=O)cc(OC)c1OC. The molecule has 0 saturated heterocycles. The summed E-state index contributed by atoms with van der Waals surface area (Å²) in [4.78, 5) is 24.2. The molecule has 0 spiro atoms. The van der Waals surface area contributed by atoms with Crippen molar-refractivity contribution in [2.45, 2.75) is 19.9 Å². The van der Waals surface area contributed by atoms with Crippen LogP contribution in [0.25, 0.3) is 0 Å². The van der Waals surface area contributed by atoms with E-state index in [0.29, 0.717) is 42.3 Å². The standard InChI is InChI=1S/C19H24N2O5/c1-13-7-5-8-17(22)21(13)10-6-9-20-19(23)14-11-15(24-2)18(26-4)16(12-14)25-3/h5,7-8,11-12H,6,9-10H2,1-4H3,(H,20,23). The molecule has 0 fully saturated rings. The molecule has 7 heteroatoms. The molecule has 0 bridgehead atoms. The zero-order valence-corrected chi connectivity index (χ0v) is 15.5. The van der Waals surface area contributed by atoms with Gasteiger partial charge in [0.2, 0.25) is 5.75 Å². The van der Waals surface area contributed by atoms with Crippen molar-refractivity contribution >= 4 is 5.91 Å². The Kier molecular flexibility index (Phi) is 6.66. The molecule has 0 aliphatic heterocycles. The third-order valence-corrected chi connectivity index (χ3v) is 4.04. The van der Waals surface area contributed by atoms with E-state index in [1.165, 1.54) is 27.4 Å². The number of aryl methyl sites for hydroxylation is 1. The summed E-state index contributed by atoms with van der Waals surface area (Å²) in [5.41, 5.74) is 1.27. The summed E-state index contributed by atoms with van der Waals surface area (Å²) in [6.45, 7) is 2.87. The highest BCUT2D eigenvalue weighted by Gasteiger charge is 2.16. The van der Waals surface area contributed by atoms with Gasteiger partial charge < -0.3 is 24.1 Å². The molecule has 0 aliphatic rings. The number of aromatic nitrogens is 1. The van der Waals surface area contributed by atoms with Gasteiger partial charge in [0.1, 0.15) is 0 Å². The van der Waals surface area contributed by atoms with Gasteiger partial charge in [0.25, 0.3) is 11.5 Å². The van der Waals surface area contributed by atoms with Gasteiger partial charge in [-0.1, -0.05) is 6.07 Å². The number of hydrogen-bond acceptors (Lipinski definition) is 5. The Balaban J connectivity index is 2.01. The third kappa shape index (κ3) is 4.36. The number of nitrogens with one attached hydrogen (secondary N) is 1. The molecule has 0 atom stereocenters. The Morgan fingerprint density at radius 1 is 1.08 bits per heavy atom. The maximum atomic E-state index is 12.4. The molecule has 1 aromatic heterocycles. The Hall–Kier alpha value is -2.96. The van der Waals surface area contributed by atoms with Gasteiger partial charge in [0.15, 0.2) is 11.5 Å². The van der Waals surface area contributed by atoms with Crippen molar-refractivity contribution in [1.29, 1.82) is 0 Å². The lowest BCUT2D eigenvalue weighted by Crippen LogP contribution is -2.27.